The van der Waals surface area contributed by atoms with Crippen LogP contribution < -0.4 is 0 Å². The van der Waals surface area contributed by atoms with E-state index in [1.807, 2.05) is 7.11 Å². The topological polar surface area (TPSA) is 9.23 Å². The van der Waals surface area contributed by atoms with Gasteiger partial charge < -0.3 is 4.74 Å². The summed E-state index contributed by atoms with van der Waals surface area (Å²) in [5.74, 6) is 1.72. The van der Waals surface area contributed by atoms with Crippen molar-refractivity contribution in [2.24, 2.45) is 11.8 Å². The standard InChI is InChI=1S/C15H30O/c1-13(2)15(16-3)12-8-7-11-14-9-5-4-6-10-14/h13-15H,4-12H2,1-3H3/t15-/m0/s1. The molecule has 0 radical (unpaired) electrons. The number of rotatable bonds is 7. The summed E-state index contributed by atoms with van der Waals surface area (Å²) in [6, 6.07) is 0. The van der Waals surface area contributed by atoms with Gasteiger partial charge in [0, 0.05) is 7.11 Å². The van der Waals surface area contributed by atoms with Gasteiger partial charge in [0.1, 0.15) is 0 Å². The average molecular weight is 226 g/mol. The van der Waals surface area contributed by atoms with Gasteiger partial charge in [-0.05, 0) is 18.3 Å². The second-order valence-corrected chi connectivity index (χ2v) is 5.81. The fraction of sp³-hybridized carbons (Fsp3) is 1.00. The van der Waals surface area contributed by atoms with Gasteiger partial charge in [-0.25, -0.2) is 0 Å². The molecule has 0 spiro atoms. The molecule has 1 heteroatoms. The summed E-state index contributed by atoms with van der Waals surface area (Å²) < 4.78 is 5.50. The minimum atomic E-state index is 0.478. The van der Waals surface area contributed by atoms with E-state index in [2.05, 4.69) is 13.8 Å². The van der Waals surface area contributed by atoms with Crippen LogP contribution in [0.25, 0.3) is 0 Å². The molecule has 0 amide bonds. The van der Waals surface area contributed by atoms with Crippen LogP contribution in [0.1, 0.15) is 71.6 Å². The van der Waals surface area contributed by atoms with Crippen molar-refractivity contribution < 1.29 is 4.74 Å². The molecule has 1 fully saturated rings. The summed E-state index contributed by atoms with van der Waals surface area (Å²) >= 11 is 0. The number of hydrogen-bond donors (Lipinski definition) is 0. The van der Waals surface area contributed by atoms with Gasteiger partial charge in [-0.2, -0.15) is 0 Å². The second kappa shape index (κ2) is 8.11. The van der Waals surface area contributed by atoms with E-state index in [9.17, 15) is 0 Å². The van der Waals surface area contributed by atoms with Crippen molar-refractivity contribution in [1.29, 1.82) is 0 Å². The van der Waals surface area contributed by atoms with E-state index in [4.69, 9.17) is 4.74 Å². The summed E-state index contributed by atoms with van der Waals surface area (Å²) in [7, 11) is 1.85. The van der Waals surface area contributed by atoms with Gasteiger partial charge in [-0.15, -0.1) is 0 Å². The van der Waals surface area contributed by atoms with Crippen molar-refractivity contribution in [3.8, 4) is 0 Å². The van der Waals surface area contributed by atoms with Gasteiger partial charge in [0.2, 0.25) is 0 Å². The van der Waals surface area contributed by atoms with Crippen molar-refractivity contribution in [3.05, 3.63) is 0 Å². The molecule has 0 bridgehead atoms. The van der Waals surface area contributed by atoms with Crippen LogP contribution in [0.5, 0.6) is 0 Å². The Bertz CT molecular complexity index is 159. The van der Waals surface area contributed by atoms with Gasteiger partial charge in [-0.1, -0.05) is 65.2 Å². The van der Waals surface area contributed by atoms with E-state index < -0.39 is 0 Å². The zero-order chi connectivity index (χ0) is 11.8. The maximum Gasteiger partial charge on any atom is 0.0594 e. The molecule has 96 valence electrons. The first-order valence-corrected chi connectivity index (χ1v) is 7.26. The molecule has 0 aromatic carbocycles. The van der Waals surface area contributed by atoms with Gasteiger partial charge in [-0.3, -0.25) is 0 Å². The minimum absolute atomic E-state index is 0.478. The number of unbranched alkanes of at least 4 members (excludes halogenated alkanes) is 1. The lowest BCUT2D eigenvalue weighted by molar-refractivity contribution is 0.0556. The van der Waals surface area contributed by atoms with E-state index in [-0.39, 0.29) is 0 Å². The van der Waals surface area contributed by atoms with Gasteiger partial charge in [0.05, 0.1) is 6.10 Å². The monoisotopic (exact) mass is 226 g/mol. The van der Waals surface area contributed by atoms with Crippen molar-refractivity contribution >= 4 is 0 Å². The smallest absolute Gasteiger partial charge is 0.0594 e. The molecule has 16 heavy (non-hydrogen) atoms. The van der Waals surface area contributed by atoms with E-state index in [0.717, 1.165) is 5.92 Å². The molecule has 1 rings (SSSR count). The van der Waals surface area contributed by atoms with E-state index in [1.165, 1.54) is 57.8 Å². The van der Waals surface area contributed by atoms with Crippen molar-refractivity contribution in [1.82, 2.24) is 0 Å². The van der Waals surface area contributed by atoms with E-state index >= 15 is 0 Å². The predicted molar refractivity (Wildman–Crippen MR) is 70.7 cm³/mol. The average Bonchev–Trinajstić information content (AvgIpc) is 2.30. The summed E-state index contributed by atoms with van der Waals surface area (Å²) in [6.45, 7) is 4.52. The molecule has 0 aliphatic heterocycles. The zero-order valence-corrected chi connectivity index (χ0v) is 11.5. The Balaban J connectivity index is 2.01. The molecule has 1 saturated carbocycles. The molecule has 1 aliphatic carbocycles. The third-order valence-corrected chi connectivity index (χ3v) is 4.12. The molecule has 1 nitrogen and oxygen atoms in total. The highest BCUT2D eigenvalue weighted by Crippen LogP contribution is 2.28. The molecule has 0 heterocycles. The molecular weight excluding hydrogens is 196 g/mol. The number of hydrogen-bond acceptors (Lipinski definition) is 1. The fourth-order valence-electron chi connectivity index (χ4n) is 2.98. The lowest BCUT2D eigenvalue weighted by Crippen LogP contribution is -2.17. The first-order valence-electron chi connectivity index (χ1n) is 7.26. The highest BCUT2D eigenvalue weighted by Gasteiger charge is 2.14. The molecule has 1 aliphatic rings. The fourth-order valence-corrected chi connectivity index (χ4v) is 2.98. The second-order valence-electron chi connectivity index (χ2n) is 5.81. The highest BCUT2D eigenvalue weighted by molar-refractivity contribution is 4.67. The zero-order valence-electron chi connectivity index (χ0n) is 11.5. The van der Waals surface area contributed by atoms with Crippen molar-refractivity contribution in [2.45, 2.75) is 77.7 Å². The highest BCUT2D eigenvalue weighted by atomic mass is 16.5. The molecule has 0 aromatic heterocycles. The maximum atomic E-state index is 5.50. The van der Waals surface area contributed by atoms with Crippen molar-refractivity contribution in [2.75, 3.05) is 7.11 Å². The third kappa shape index (κ3) is 5.34. The van der Waals surface area contributed by atoms with Crippen LogP contribution in [0.15, 0.2) is 0 Å². The van der Waals surface area contributed by atoms with Crippen LogP contribution in [0.3, 0.4) is 0 Å². The quantitative estimate of drug-likeness (QED) is 0.567. The van der Waals surface area contributed by atoms with E-state index in [1.54, 1.807) is 0 Å². The lowest BCUT2D eigenvalue weighted by atomic mass is 9.85. The number of ether oxygens (including phenoxy) is 1. The van der Waals surface area contributed by atoms with E-state index in [0.29, 0.717) is 12.0 Å². The predicted octanol–water partition coefficient (Wildman–Crippen LogP) is 4.80. The maximum absolute atomic E-state index is 5.50. The van der Waals surface area contributed by atoms with Crippen LogP contribution >= 0.6 is 0 Å². The first-order chi connectivity index (χ1) is 7.74. The Morgan fingerprint density at radius 2 is 1.75 bits per heavy atom. The van der Waals surface area contributed by atoms with Crippen LogP contribution in [0, 0.1) is 11.8 Å². The van der Waals surface area contributed by atoms with Gasteiger partial charge >= 0.3 is 0 Å². The van der Waals surface area contributed by atoms with Crippen LogP contribution in [0.2, 0.25) is 0 Å². The largest absolute Gasteiger partial charge is 0.381 e. The Labute approximate surface area is 102 Å². The Morgan fingerprint density at radius 1 is 1.06 bits per heavy atom. The SMILES string of the molecule is CO[C@@H](CCCCC1CCCCC1)C(C)C. The summed E-state index contributed by atoms with van der Waals surface area (Å²) in [6.07, 6.45) is 13.4. The third-order valence-electron chi connectivity index (χ3n) is 4.12. The lowest BCUT2D eigenvalue weighted by Gasteiger charge is -2.22. The summed E-state index contributed by atoms with van der Waals surface area (Å²) in [5, 5.41) is 0. The summed E-state index contributed by atoms with van der Waals surface area (Å²) in [5.41, 5.74) is 0. The summed E-state index contributed by atoms with van der Waals surface area (Å²) in [4.78, 5) is 0. The molecule has 0 unspecified atom stereocenters. The van der Waals surface area contributed by atoms with Crippen LogP contribution in [0.4, 0.5) is 0 Å². The molecule has 0 aromatic rings. The molecule has 1 atom stereocenters. The molecule has 0 N–H and O–H groups in total. The molecule has 0 saturated heterocycles. The van der Waals surface area contributed by atoms with Gasteiger partial charge in [0.25, 0.3) is 0 Å². The minimum Gasteiger partial charge on any atom is -0.381 e. The normalized spacial score (nSPS) is 20.2. The van der Waals surface area contributed by atoms with Crippen LogP contribution in [-0.4, -0.2) is 13.2 Å². The molecular formula is C15H30O. The van der Waals surface area contributed by atoms with Crippen molar-refractivity contribution in [3.63, 3.8) is 0 Å². The van der Waals surface area contributed by atoms with Crippen LogP contribution in [-0.2, 0) is 4.74 Å². The van der Waals surface area contributed by atoms with Gasteiger partial charge in [0.15, 0.2) is 0 Å². The Kier molecular flexibility index (Phi) is 7.11. The number of methoxy groups -OCH3 is 1. The first kappa shape index (κ1) is 14.0. The Morgan fingerprint density at radius 3 is 2.31 bits per heavy atom. The Hall–Kier alpha value is -0.0400.